The van der Waals surface area contributed by atoms with Crippen LogP contribution >= 0.6 is 0 Å². The number of carbonyl (C=O) groups is 1. The first kappa shape index (κ1) is 24.4. The SMILES string of the molecule is CCCCNC(=O)N(CCC(c1ccccc1)c1ccccc1)Cc1ccc(OCC)cc1. The zero-order valence-corrected chi connectivity index (χ0v) is 19.9. The molecule has 0 aliphatic heterocycles. The monoisotopic (exact) mass is 444 g/mol. The van der Waals surface area contributed by atoms with E-state index in [9.17, 15) is 4.79 Å². The van der Waals surface area contributed by atoms with E-state index in [1.807, 2.05) is 48.2 Å². The number of urea groups is 1. The molecule has 0 aromatic heterocycles. The fourth-order valence-electron chi connectivity index (χ4n) is 4.00. The minimum Gasteiger partial charge on any atom is -0.494 e. The van der Waals surface area contributed by atoms with E-state index in [1.165, 1.54) is 11.1 Å². The van der Waals surface area contributed by atoms with Gasteiger partial charge in [-0.1, -0.05) is 86.1 Å². The van der Waals surface area contributed by atoms with E-state index in [2.05, 4.69) is 60.8 Å². The number of nitrogens with one attached hydrogen (secondary N) is 1. The normalized spacial score (nSPS) is 10.8. The first-order chi connectivity index (χ1) is 16.2. The minimum absolute atomic E-state index is 0.00259. The van der Waals surface area contributed by atoms with E-state index in [1.54, 1.807) is 0 Å². The Balaban J connectivity index is 1.76. The molecule has 0 atom stereocenters. The Labute approximate surface area is 198 Å². The van der Waals surface area contributed by atoms with Crippen molar-refractivity contribution in [1.29, 1.82) is 0 Å². The summed E-state index contributed by atoms with van der Waals surface area (Å²) in [5.74, 6) is 1.09. The maximum Gasteiger partial charge on any atom is 0.317 e. The van der Waals surface area contributed by atoms with Crippen molar-refractivity contribution >= 4 is 6.03 Å². The Morgan fingerprint density at radius 2 is 1.48 bits per heavy atom. The van der Waals surface area contributed by atoms with Gasteiger partial charge in [0.1, 0.15) is 5.75 Å². The van der Waals surface area contributed by atoms with Gasteiger partial charge in [0.2, 0.25) is 0 Å². The number of nitrogens with zero attached hydrogens (tertiary/aromatic N) is 1. The zero-order valence-electron chi connectivity index (χ0n) is 19.9. The van der Waals surface area contributed by atoms with Crippen LogP contribution in [0.3, 0.4) is 0 Å². The van der Waals surface area contributed by atoms with E-state index in [-0.39, 0.29) is 11.9 Å². The molecule has 0 saturated heterocycles. The molecule has 0 aliphatic carbocycles. The highest BCUT2D eigenvalue weighted by molar-refractivity contribution is 5.74. The van der Waals surface area contributed by atoms with Crippen LogP contribution in [0.15, 0.2) is 84.9 Å². The number of carbonyl (C=O) groups excluding carboxylic acids is 1. The van der Waals surface area contributed by atoms with Crippen LogP contribution in [0.4, 0.5) is 4.79 Å². The van der Waals surface area contributed by atoms with Gasteiger partial charge in [0.15, 0.2) is 0 Å². The van der Waals surface area contributed by atoms with Gasteiger partial charge in [-0.2, -0.15) is 0 Å². The van der Waals surface area contributed by atoms with Crippen molar-refractivity contribution < 1.29 is 9.53 Å². The number of benzene rings is 3. The minimum atomic E-state index is -0.00259. The Bertz CT molecular complexity index is 903. The van der Waals surface area contributed by atoms with Gasteiger partial charge >= 0.3 is 6.03 Å². The molecule has 0 spiro atoms. The molecule has 3 rings (SSSR count). The van der Waals surface area contributed by atoms with Crippen LogP contribution in [0.5, 0.6) is 5.75 Å². The number of rotatable bonds is 12. The lowest BCUT2D eigenvalue weighted by Crippen LogP contribution is -2.40. The lowest BCUT2D eigenvalue weighted by Gasteiger charge is -2.26. The molecule has 1 N–H and O–H groups in total. The van der Waals surface area contributed by atoms with Gasteiger partial charge in [-0.05, 0) is 48.6 Å². The Hall–Kier alpha value is -3.27. The first-order valence-corrected chi connectivity index (χ1v) is 12.1. The molecule has 3 aromatic rings. The smallest absolute Gasteiger partial charge is 0.317 e. The van der Waals surface area contributed by atoms with Crippen molar-refractivity contribution in [3.05, 3.63) is 102 Å². The lowest BCUT2D eigenvalue weighted by molar-refractivity contribution is 0.193. The fourth-order valence-corrected chi connectivity index (χ4v) is 4.00. The molecule has 0 aliphatic rings. The molecule has 0 heterocycles. The highest BCUT2D eigenvalue weighted by Gasteiger charge is 2.19. The molecule has 174 valence electrons. The highest BCUT2D eigenvalue weighted by atomic mass is 16.5. The number of ether oxygens (including phenoxy) is 1. The molecule has 4 heteroatoms. The van der Waals surface area contributed by atoms with Gasteiger partial charge in [-0.3, -0.25) is 0 Å². The van der Waals surface area contributed by atoms with E-state index in [0.717, 1.165) is 30.6 Å². The molecule has 3 aromatic carbocycles. The molecular formula is C29H36N2O2. The number of hydrogen-bond acceptors (Lipinski definition) is 2. The average molecular weight is 445 g/mol. The van der Waals surface area contributed by atoms with Crippen molar-refractivity contribution in [2.24, 2.45) is 0 Å². The van der Waals surface area contributed by atoms with Crippen LogP contribution in [-0.4, -0.2) is 30.6 Å². The Kier molecular flexibility index (Phi) is 9.84. The largest absolute Gasteiger partial charge is 0.494 e. The second-order valence-electron chi connectivity index (χ2n) is 8.25. The molecule has 2 amide bonds. The summed E-state index contributed by atoms with van der Waals surface area (Å²) in [6.45, 7) is 6.70. The molecule has 0 radical (unpaired) electrons. The van der Waals surface area contributed by atoms with Crippen molar-refractivity contribution in [1.82, 2.24) is 10.2 Å². The maximum absolute atomic E-state index is 13.1. The summed E-state index contributed by atoms with van der Waals surface area (Å²) in [5.41, 5.74) is 3.65. The summed E-state index contributed by atoms with van der Waals surface area (Å²) in [4.78, 5) is 15.0. The zero-order chi connectivity index (χ0) is 23.3. The fraction of sp³-hybridized carbons (Fsp3) is 0.345. The number of amides is 2. The van der Waals surface area contributed by atoms with E-state index in [4.69, 9.17) is 4.74 Å². The maximum atomic E-state index is 13.1. The second-order valence-corrected chi connectivity index (χ2v) is 8.25. The predicted octanol–water partition coefficient (Wildman–Crippen LogP) is 6.62. The van der Waals surface area contributed by atoms with Crippen LogP contribution in [0.25, 0.3) is 0 Å². The topological polar surface area (TPSA) is 41.6 Å². The third-order valence-corrected chi connectivity index (χ3v) is 5.79. The van der Waals surface area contributed by atoms with Gasteiger partial charge in [0.05, 0.1) is 6.61 Å². The molecule has 4 nitrogen and oxygen atoms in total. The van der Waals surface area contributed by atoms with Gasteiger partial charge in [0.25, 0.3) is 0 Å². The Morgan fingerprint density at radius 3 is 2.03 bits per heavy atom. The molecule has 0 saturated carbocycles. The van der Waals surface area contributed by atoms with Crippen molar-refractivity contribution in [3.8, 4) is 5.75 Å². The third-order valence-electron chi connectivity index (χ3n) is 5.79. The van der Waals surface area contributed by atoms with Crippen molar-refractivity contribution in [2.75, 3.05) is 19.7 Å². The molecule has 0 bridgehead atoms. The lowest BCUT2D eigenvalue weighted by atomic mass is 9.88. The summed E-state index contributed by atoms with van der Waals surface area (Å²) in [5, 5.41) is 3.10. The van der Waals surface area contributed by atoms with Gasteiger partial charge in [-0.15, -0.1) is 0 Å². The third kappa shape index (κ3) is 7.67. The summed E-state index contributed by atoms with van der Waals surface area (Å²) < 4.78 is 5.56. The van der Waals surface area contributed by atoms with Crippen LogP contribution in [0, 0.1) is 0 Å². The summed E-state index contributed by atoms with van der Waals surface area (Å²) in [6, 6.07) is 29.2. The van der Waals surface area contributed by atoms with E-state index < -0.39 is 0 Å². The predicted molar refractivity (Wildman–Crippen MR) is 136 cm³/mol. The van der Waals surface area contributed by atoms with Gasteiger partial charge in [-0.25, -0.2) is 4.79 Å². The number of unbranched alkanes of at least 4 members (excludes halogenated alkanes) is 1. The molecule has 33 heavy (non-hydrogen) atoms. The van der Waals surface area contributed by atoms with Crippen LogP contribution in [0.1, 0.15) is 55.7 Å². The second kappa shape index (κ2) is 13.3. The van der Waals surface area contributed by atoms with Gasteiger partial charge in [0, 0.05) is 25.6 Å². The highest BCUT2D eigenvalue weighted by Crippen LogP contribution is 2.28. The molecular weight excluding hydrogens is 408 g/mol. The standard InChI is InChI=1S/C29H36N2O2/c1-3-5-21-30-29(32)31(23-24-16-18-27(19-17-24)33-4-2)22-20-28(25-12-8-6-9-13-25)26-14-10-7-11-15-26/h6-19,28H,3-5,20-23H2,1-2H3,(H,30,32). The van der Waals surface area contributed by atoms with Crippen LogP contribution in [-0.2, 0) is 6.54 Å². The van der Waals surface area contributed by atoms with Crippen LogP contribution in [0.2, 0.25) is 0 Å². The Morgan fingerprint density at radius 1 is 0.879 bits per heavy atom. The van der Waals surface area contributed by atoms with Crippen molar-refractivity contribution in [3.63, 3.8) is 0 Å². The summed E-state index contributed by atoms with van der Waals surface area (Å²) in [7, 11) is 0. The number of hydrogen-bond donors (Lipinski definition) is 1. The first-order valence-electron chi connectivity index (χ1n) is 12.1. The average Bonchev–Trinajstić information content (AvgIpc) is 2.86. The molecule has 0 unspecified atom stereocenters. The quantitative estimate of drug-likeness (QED) is 0.319. The molecule has 0 fully saturated rings. The van der Waals surface area contributed by atoms with Crippen molar-refractivity contribution in [2.45, 2.75) is 45.6 Å². The summed E-state index contributed by atoms with van der Waals surface area (Å²) in [6.07, 6.45) is 2.90. The van der Waals surface area contributed by atoms with E-state index >= 15 is 0 Å². The summed E-state index contributed by atoms with van der Waals surface area (Å²) >= 11 is 0. The van der Waals surface area contributed by atoms with E-state index in [0.29, 0.717) is 26.2 Å². The van der Waals surface area contributed by atoms with Crippen LogP contribution < -0.4 is 10.1 Å². The van der Waals surface area contributed by atoms with Gasteiger partial charge < -0.3 is 15.0 Å².